The van der Waals surface area contributed by atoms with Crippen molar-refractivity contribution in [2.45, 2.75) is 64.3 Å². The number of nitrogens with zero attached hydrogens (tertiary/aromatic N) is 2. The Morgan fingerprint density at radius 1 is 0.962 bits per heavy atom. The van der Waals surface area contributed by atoms with Gasteiger partial charge in [-0.05, 0) is 74.4 Å². The number of alkyl halides is 3. The van der Waals surface area contributed by atoms with E-state index in [-0.39, 0.29) is 67.3 Å². The summed E-state index contributed by atoms with van der Waals surface area (Å²) in [5.74, 6) is -0.921. The van der Waals surface area contributed by atoms with Crippen molar-refractivity contribution in [2.75, 3.05) is 48.4 Å². The zero-order chi connectivity index (χ0) is 38.0. The summed E-state index contributed by atoms with van der Waals surface area (Å²) in [5, 5.41) is 18.1. The van der Waals surface area contributed by atoms with Gasteiger partial charge in [-0.15, -0.1) is 0 Å². The van der Waals surface area contributed by atoms with Crippen LogP contribution in [0.3, 0.4) is 0 Å². The van der Waals surface area contributed by atoms with Crippen LogP contribution in [0.5, 0.6) is 5.75 Å². The van der Waals surface area contributed by atoms with E-state index < -0.39 is 35.8 Å². The van der Waals surface area contributed by atoms with Crippen LogP contribution in [0.15, 0.2) is 66.7 Å². The molecule has 1 aliphatic rings. The Morgan fingerprint density at radius 2 is 1.60 bits per heavy atom. The number of benzene rings is 3. The second kappa shape index (κ2) is 17.8. The summed E-state index contributed by atoms with van der Waals surface area (Å²) in [6, 6.07) is 14.6. The first-order valence-electron chi connectivity index (χ1n) is 17.0. The van der Waals surface area contributed by atoms with Crippen molar-refractivity contribution < 1.29 is 42.2 Å². The van der Waals surface area contributed by atoms with E-state index in [2.05, 4.69) is 16.0 Å². The van der Waals surface area contributed by atoms with Gasteiger partial charge in [0, 0.05) is 43.7 Å². The quantitative estimate of drug-likeness (QED) is 0.103. The van der Waals surface area contributed by atoms with Crippen molar-refractivity contribution in [3.05, 3.63) is 77.9 Å². The van der Waals surface area contributed by atoms with E-state index >= 15 is 0 Å². The Balaban J connectivity index is 1.37. The van der Waals surface area contributed by atoms with Gasteiger partial charge < -0.3 is 41.3 Å². The van der Waals surface area contributed by atoms with Crippen LogP contribution in [-0.2, 0) is 15.8 Å². The molecule has 1 aliphatic heterocycles. The van der Waals surface area contributed by atoms with Crippen molar-refractivity contribution in [1.29, 1.82) is 0 Å². The highest BCUT2D eigenvalue weighted by atomic mass is 19.4. The van der Waals surface area contributed by atoms with E-state index in [1.807, 2.05) is 6.92 Å². The number of amides is 5. The third kappa shape index (κ3) is 10.8. The van der Waals surface area contributed by atoms with Crippen LogP contribution in [0.25, 0.3) is 0 Å². The fourth-order valence-electron chi connectivity index (χ4n) is 5.63. The minimum absolute atomic E-state index is 0.0586. The molecule has 0 saturated heterocycles. The number of ether oxygens (including phenoxy) is 1. The molecule has 0 unspecified atom stereocenters. The second-order valence-corrected chi connectivity index (χ2v) is 13.0. The summed E-state index contributed by atoms with van der Waals surface area (Å²) in [7, 11) is 1.52. The average Bonchev–Trinajstić information content (AvgIpc) is 3.10. The molecule has 6 N–H and O–H groups in total. The number of urea groups is 1. The van der Waals surface area contributed by atoms with Crippen LogP contribution >= 0.6 is 0 Å². The first-order valence-corrected chi connectivity index (χ1v) is 17.0. The van der Waals surface area contributed by atoms with Gasteiger partial charge >= 0.3 is 12.2 Å². The van der Waals surface area contributed by atoms with Gasteiger partial charge in [-0.1, -0.05) is 25.5 Å². The number of anilines is 4. The number of para-hydroxylation sites is 2. The lowest BCUT2D eigenvalue weighted by Crippen LogP contribution is -2.50. The number of likely N-dealkylation sites (N-methyl/N-ethyl adjacent to an activating group) is 1. The largest absolute Gasteiger partial charge is 0.487 e. The molecule has 280 valence electrons. The summed E-state index contributed by atoms with van der Waals surface area (Å²) < 4.78 is 45.1. The molecule has 3 aromatic rings. The molecule has 0 radical (unpaired) electrons. The molecular formula is C37H45F3N6O6. The Morgan fingerprint density at radius 3 is 2.23 bits per heavy atom. The third-order valence-electron chi connectivity index (χ3n) is 8.76. The number of carbonyl (C=O) groups is 4. The zero-order valence-corrected chi connectivity index (χ0v) is 29.3. The molecule has 0 saturated carbocycles. The number of halogens is 3. The summed E-state index contributed by atoms with van der Waals surface area (Å²) in [6.07, 6.45) is -2.88. The van der Waals surface area contributed by atoms with Crippen molar-refractivity contribution >= 4 is 46.5 Å². The van der Waals surface area contributed by atoms with Crippen LogP contribution in [-0.4, -0.2) is 77.5 Å². The van der Waals surface area contributed by atoms with Crippen LogP contribution in [0.1, 0.15) is 61.9 Å². The lowest BCUT2D eigenvalue weighted by molar-refractivity contribution is -0.137. The molecule has 3 atom stereocenters. The number of hydrogen-bond acceptors (Lipinski definition) is 7. The number of nitrogen functional groups attached to an aromatic ring is 1. The summed E-state index contributed by atoms with van der Waals surface area (Å²) >= 11 is 0. The number of unbranched alkanes of at least 4 members (excludes halogenated alkanes) is 2. The normalized spacial score (nSPS) is 16.4. The van der Waals surface area contributed by atoms with Crippen molar-refractivity contribution in [3.63, 3.8) is 0 Å². The number of fused-ring (bicyclic) bond motifs is 1. The Labute approximate surface area is 300 Å². The molecule has 0 bridgehead atoms. The smallest absolute Gasteiger partial charge is 0.416 e. The Kier molecular flexibility index (Phi) is 13.5. The highest BCUT2D eigenvalue weighted by molar-refractivity contribution is 6.00. The second-order valence-electron chi connectivity index (χ2n) is 13.0. The molecule has 0 fully saturated rings. The van der Waals surface area contributed by atoms with E-state index in [0.29, 0.717) is 36.3 Å². The number of aliphatic hydroxyl groups is 1. The molecule has 12 nitrogen and oxygen atoms in total. The third-order valence-corrected chi connectivity index (χ3v) is 8.76. The molecule has 0 aliphatic carbocycles. The van der Waals surface area contributed by atoms with Gasteiger partial charge in [0.05, 0.1) is 41.7 Å². The first-order chi connectivity index (χ1) is 24.7. The maximum atomic E-state index is 13.8. The van der Waals surface area contributed by atoms with Gasteiger partial charge in [-0.25, -0.2) is 4.79 Å². The van der Waals surface area contributed by atoms with E-state index in [1.54, 1.807) is 43.3 Å². The molecule has 5 amide bonds. The SMILES string of the molecule is C[C@@H]1CN([C@@H](C)CO)C(=O)c2cc(NC(=O)CCCCCC(=O)Nc3ccccc3N)ccc2O[C@@H]1CN(C)C(=O)Nc1ccc(C(F)(F)F)cc1. The van der Waals surface area contributed by atoms with E-state index in [0.717, 1.165) is 12.1 Å². The van der Waals surface area contributed by atoms with Crippen molar-refractivity contribution in [2.24, 2.45) is 5.92 Å². The van der Waals surface area contributed by atoms with Gasteiger partial charge in [-0.2, -0.15) is 13.2 Å². The Hall–Kier alpha value is -5.31. The highest BCUT2D eigenvalue weighted by Gasteiger charge is 2.34. The highest BCUT2D eigenvalue weighted by Crippen LogP contribution is 2.32. The summed E-state index contributed by atoms with van der Waals surface area (Å²) in [4.78, 5) is 54.7. The fourth-order valence-corrected chi connectivity index (χ4v) is 5.63. The number of carbonyl (C=O) groups excluding carboxylic acids is 4. The van der Waals surface area contributed by atoms with Crippen LogP contribution in [0.4, 0.5) is 40.7 Å². The lowest BCUT2D eigenvalue weighted by atomic mass is 9.99. The van der Waals surface area contributed by atoms with E-state index in [1.165, 1.54) is 35.0 Å². The topological polar surface area (TPSA) is 166 Å². The van der Waals surface area contributed by atoms with Gasteiger partial charge in [0.25, 0.3) is 5.91 Å². The molecule has 0 aromatic heterocycles. The van der Waals surface area contributed by atoms with Crippen molar-refractivity contribution in [1.82, 2.24) is 9.80 Å². The fraction of sp³-hybridized carbons (Fsp3) is 0.405. The minimum atomic E-state index is -4.50. The standard InChI is InChI=1S/C37H45F3N6O6/c1-23-20-46(24(2)22-47)35(50)28-19-27(42-33(48)11-5-4-6-12-34(49)44-30-10-8-7-9-29(30)41)17-18-31(28)52-32(23)21-45(3)36(51)43-26-15-13-25(14-16-26)37(38,39)40/h7-10,13-19,23-24,32,47H,4-6,11-12,20-22,41H2,1-3H3,(H,42,48)(H,43,51)(H,44,49)/t23-,24+,32-/m1/s1. The maximum absolute atomic E-state index is 13.8. The number of nitrogens with two attached hydrogens (primary N) is 1. The monoisotopic (exact) mass is 726 g/mol. The minimum Gasteiger partial charge on any atom is -0.487 e. The molecule has 3 aromatic carbocycles. The van der Waals surface area contributed by atoms with Gasteiger partial charge in [0.15, 0.2) is 0 Å². The van der Waals surface area contributed by atoms with Gasteiger partial charge in [0.2, 0.25) is 11.8 Å². The first kappa shape index (κ1) is 39.5. The lowest BCUT2D eigenvalue weighted by Gasteiger charge is -2.38. The molecule has 4 rings (SSSR count). The molecule has 0 spiro atoms. The zero-order valence-electron chi connectivity index (χ0n) is 29.3. The van der Waals surface area contributed by atoms with Crippen LogP contribution in [0, 0.1) is 5.92 Å². The predicted octanol–water partition coefficient (Wildman–Crippen LogP) is 6.20. The molecule has 1 heterocycles. The van der Waals surface area contributed by atoms with Crippen molar-refractivity contribution in [3.8, 4) is 5.75 Å². The molecule has 52 heavy (non-hydrogen) atoms. The number of nitrogens with one attached hydrogen (secondary N) is 3. The van der Waals surface area contributed by atoms with E-state index in [9.17, 15) is 37.5 Å². The number of aliphatic hydroxyl groups excluding tert-OH is 1. The summed E-state index contributed by atoms with van der Waals surface area (Å²) in [5.41, 5.74) is 6.78. The molecule has 15 heteroatoms. The maximum Gasteiger partial charge on any atom is 0.416 e. The van der Waals surface area contributed by atoms with Gasteiger partial charge in [0.1, 0.15) is 11.9 Å². The van der Waals surface area contributed by atoms with Crippen LogP contribution in [0.2, 0.25) is 0 Å². The Bertz CT molecular complexity index is 1720. The average molecular weight is 727 g/mol. The van der Waals surface area contributed by atoms with E-state index in [4.69, 9.17) is 10.5 Å². The number of hydrogen-bond donors (Lipinski definition) is 5. The summed E-state index contributed by atoms with van der Waals surface area (Å²) in [6.45, 7) is 3.50. The van der Waals surface area contributed by atoms with Gasteiger partial charge in [-0.3, -0.25) is 14.4 Å². The number of rotatable bonds is 13. The predicted molar refractivity (Wildman–Crippen MR) is 192 cm³/mol. The van der Waals surface area contributed by atoms with Crippen LogP contribution < -0.4 is 26.4 Å². The molecular weight excluding hydrogens is 681 g/mol.